The van der Waals surface area contributed by atoms with Crippen LogP contribution in [-0.4, -0.2) is 13.2 Å². The minimum absolute atomic E-state index is 0.0787. The molecule has 0 aromatic heterocycles. The van der Waals surface area contributed by atoms with Gasteiger partial charge in [-0.2, -0.15) is 0 Å². The van der Waals surface area contributed by atoms with E-state index in [-0.39, 0.29) is 6.04 Å². The molecule has 0 radical (unpaired) electrons. The first-order valence-electron chi connectivity index (χ1n) is 6.31. The molecule has 0 saturated heterocycles. The van der Waals surface area contributed by atoms with Gasteiger partial charge in [-0.25, -0.2) is 0 Å². The number of para-hydroxylation sites is 1. The third kappa shape index (κ3) is 3.82. The maximum atomic E-state index is 6.25. The maximum Gasteiger partial charge on any atom is 0.122 e. The first kappa shape index (κ1) is 14.1. The van der Waals surface area contributed by atoms with Gasteiger partial charge in [-0.15, -0.1) is 0 Å². The summed E-state index contributed by atoms with van der Waals surface area (Å²) in [4.78, 5) is 0. The molecule has 3 heteroatoms. The summed E-state index contributed by atoms with van der Waals surface area (Å²) in [5, 5.41) is 0. The minimum atomic E-state index is 0.0787. The lowest BCUT2D eigenvalue weighted by atomic mass is 9.99. The van der Waals surface area contributed by atoms with Crippen molar-refractivity contribution in [1.82, 2.24) is 0 Å². The molecule has 0 aliphatic carbocycles. The standard InChI is InChI=1S/C16H18BrNO/c1-19-16-9-5-3-7-13(16)11-14(18)10-12-6-2-4-8-15(12)17/h2-9,14H,10-11,18H2,1H3. The van der Waals surface area contributed by atoms with Crippen LogP contribution in [0.2, 0.25) is 0 Å². The minimum Gasteiger partial charge on any atom is -0.496 e. The normalized spacial score (nSPS) is 12.2. The van der Waals surface area contributed by atoms with Crippen LogP contribution in [0.3, 0.4) is 0 Å². The lowest BCUT2D eigenvalue weighted by Crippen LogP contribution is -2.25. The summed E-state index contributed by atoms with van der Waals surface area (Å²) in [6, 6.07) is 16.3. The number of rotatable bonds is 5. The molecule has 2 aromatic rings. The lowest BCUT2D eigenvalue weighted by molar-refractivity contribution is 0.408. The summed E-state index contributed by atoms with van der Waals surface area (Å²) in [5.74, 6) is 0.907. The predicted molar refractivity (Wildman–Crippen MR) is 82.5 cm³/mol. The number of ether oxygens (including phenoxy) is 1. The summed E-state index contributed by atoms with van der Waals surface area (Å²) in [6.07, 6.45) is 1.66. The highest BCUT2D eigenvalue weighted by Crippen LogP contribution is 2.21. The number of hydrogen-bond donors (Lipinski definition) is 1. The molecule has 0 amide bonds. The second-order valence-corrected chi connectivity index (χ2v) is 5.43. The van der Waals surface area contributed by atoms with Gasteiger partial charge in [0, 0.05) is 10.5 Å². The first-order chi connectivity index (χ1) is 9.20. The van der Waals surface area contributed by atoms with Crippen molar-refractivity contribution >= 4 is 15.9 Å². The largest absolute Gasteiger partial charge is 0.496 e. The number of benzene rings is 2. The summed E-state index contributed by atoms with van der Waals surface area (Å²) in [7, 11) is 1.69. The van der Waals surface area contributed by atoms with Gasteiger partial charge in [0.05, 0.1) is 7.11 Å². The summed E-state index contributed by atoms with van der Waals surface area (Å²) in [6.45, 7) is 0. The summed E-state index contributed by atoms with van der Waals surface area (Å²) < 4.78 is 6.47. The van der Waals surface area contributed by atoms with Crippen LogP contribution >= 0.6 is 15.9 Å². The van der Waals surface area contributed by atoms with Crippen molar-refractivity contribution in [2.24, 2.45) is 5.73 Å². The Hall–Kier alpha value is -1.32. The van der Waals surface area contributed by atoms with Crippen LogP contribution in [0.1, 0.15) is 11.1 Å². The molecule has 19 heavy (non-hydrogen) atoms. The van der Waals surface area contributed by atoms with Gasteiger partial charge in [-0.1, -0.05) is 52.3 Å². The SMILES string of the molecule is COc1ccccc1CC(N)Cc1ccccc1Br. The third-order valence-electron chi connectivity index (χ3n) is 3.11. The Bertz CT molecular complexity index is 542. The van der Waals surface area contributed by atoms with Crippen LogP contribution < -0.4 is 10.5 Å². The number of methoxy groups -OCH3 is 1. The van der Waals surface area contributed by atoms with E-state index in [0.717, 1.165) is 28.6 Å². The van der Waals surface area contributed by atoms with Gasteiger partial charge in [0.1, 0.15) is 5.75 Å². The molecule has 2 rings (SSSR count). The fourth-order valence-electron chi connectivity index (χ4n) is 2.17. The van der Waals surface area contributed by atoms with Gasteiger partial charge in [-0.05, 0) is 36.1 Å². The second kappa shape index (κ2) is 6.73. The van der Waals surface area contributed by atoms with E-state index in [2.05, 4.69) is 28.1 Å². The number of hydrogen-bond acceptors (Lipinski definition) is 2. The fourth-order valence-corrected chi connectivity index (χ4v) is 2.62. The van der Waals surface area contributed by atoms with Gasteiger partial charge >= 0.3 is 0 Å². The zero-order chi connectivity index (χ0) is 13.7. The van der Waals surface area contributed by atoms with E-state index in [0.29, 0.717) is 0 Å². The first-order valence-corrected chi connectivity index (χ1v) is 7.11. The highest BCUT2D eigenvalue weighted by Gasteiger charge is 2.10. The van der Waals surface area contributed by atoms with Gasteiger partial charge in [0.15, 0.2) is 0 Å². The molecule has 0 heterocycles. The lowest BCUT2D eigenvalue weighted by Gasteiger charge is -2.15. The molecule has 100 valence electrons. The smallest absolute Gasteiger partial charge is 0.122 e. The van der Waals surface area contributed by atoms with E-state index in [1.807, 2.05) is 36.4 Å². The summed E-state index contributed by atoms with van der Waals surface area (Å²) >= 11 is 3.56. The Morgan fingerprint density at radius 2 is 1.58 bits per heavy atom. The van der Waals surface area contributed by atoms with E-state index < -0.39 is 0 Å². The molecule has 1 atom stereocenters. The molecule has 2 N–H and O–H groups in total. The maximum absolute atomic E-state index is 6.25. The average molecular weight is 320 g/mol. The van der Waals surface area contributed by atoms with Crippen molar-refractivity contribution in [3.05, 3.63) is 64.1 Å². The van der Waals surface area contributed by atoms with Crippen molar-refractivity contribution < 1.29 is 4.74 Å². The Kier molecular flexibility index (Phi) is 5.00. The van der Waals surface area contributed by atoms with Crippen molar-refractivity contribution in [3.63, 3.8) is 0 Å². The Morgan fingerprint density at radius 1 is 1.00 bits per heavy atom. The third-order valence-corrected chi connectivity index (χ3v) is 3.89. The van der Waals surface area contributed by atoms with Crippen molar-refractivity contribution in [1.29, 1.82) is 0 Å². The predicted octanol–water partition coefficient (Wildman–Crippen LogP) is 3.57. The number of nitrogens with two attached hydrogens (primary N) is 1. The molecule has 0 aliphatic heterocycles. The molecule has 0 fully saturated rings. The monoisotopic (exact) mass is 319 g/mol. The van der Waals surface area contributed by atoms with Crippen LogP contribution in [0.5, 0.6) is 5.75 Å². The molecule has 0 spiro atoms. The van der Waals surface area contributed by atoms with E-state index in [9.17, 15) is 0 Å². The molecule has 0 saturated carbocycles. The zero-order valence-electron chi connectivity index (χ0n) is 11.0. The highest BCUT2D eigenvalue weighted by molar-refractivity contribution is 9.10. The molecule has 0 bridgehead atoms. The van der Waals surface area contributed by atoms with Crippen LogP contribution in [-0.2, 0) is 12.8 Å². The Labute approximate surface area is 122 Å². The van der Waals surface area contributed by atoms with Crippen molar-refractivity contribution in [2.45, 2.75) is 18.9 Å². The molecule has 2 aromatic carbocycles. The van der Waals surface area contributed by atoms with E-state index in [4.69, 9.17) is 10.5 Å². The van der Waals surface area contributed by atoms with Gasteiger partial charge in [0.25, 0.3) is 0 Å². The van der Waals surface area contributed by atoms with Gasteiger partial charge < -0.3 is 10.5 Å². The molecule has 0 aliphatic rings. The number of halogens is 1. The van der Waals surface area contributed by atoms with Crippen LogP contribution in [0.25, 0.3) is 0 Å². The van der Waals surface area contributed by atoms with Crippen LogP contribution in [0, 0.1) is 0 Å². The molecular formula is C16H18BrNO. The zero-order valence-corrected chi connectivity index (χ0v) is 12.6. The van der Waals surface area contributed by atoms with Crippen LogP contribution in [0.4, 0.5) is 0 Å². The van der Waals surface area contributed by atoms with Gasteiger partial charge in [-0.3, -0.25) is 0 Å². The van der Waals surface area contributed by atoms with E-state index in [1.165, 1.54) is 5.56 Å². The topological polar surface area (TPSA) is 35.2 Å². The molecular weight excluding hydrogens is 302 g/mol. The fraction of sp³-hybridized carbons (Fsp3) is 0.250. The average Bonchev–Trinajstić information content (AvgIpc) is 2.42. The molecule has 2 nitrogen and oxygen atoms in total. The quantitative estimate of drug-likeness (QED) is 0.914. The molecule has 1 unspecified atom stereocenters. The van der Waals surface area contributed by atoms with Gasteiger partial charge in [0.2, 0.25) is 0 Å². The highest BCUT2D eigenvalue weighted by atomic mass is 79.9. The van der Waals surface area contributed by atoms with Crippen LogP contribution in [0.15, 0.2) is 53.0 Å². The Morgan fingerprint density at radius 3 is 2.26 bits per heavy atom. The summed E-state index contributed by atoms with van der Waals surface area (Å²) in [5.41, 5.74) is 8.65. The van der Waals surface area contributed by atoms with Crippen molar-refractivity contribution in [3.8, 4) is 5.75 Å². The second-order valence-electron chi connectivity index (χ2n) is 4.57. The van der Waals surface area contributed by atoms with E-state index >= 15 is 0 Å². The van der Waals surface area contributed by atoms with Crippen molar-refractivity contribution in [2.75, 3.05) is 7.11 Å². The Balaban J connectivity index is 2.05. The van der Waals surface area contributed by atoms with E-state index in [1.54, 1.807) is 7.11 Å².